The Kier molecular flexibility index (Phi) is 14.8. The quantitative estimate of drug-likeness (QED) is 0.128. The standard InChI is InChI=1S/C18H12S.C12H7OS.C6H5Br.6CH3.ClH.Mg.2Sn.2H/c1-2-8-14(9-3-1)19-17-12-6-4-10-15(17)16-11-5-7-13-18(16)19;13-14-11-7-3-1-5-9(11)10-6-2-4-8-12(10)14;7-6-4-2-1-3-5-6;;;;;;;;;;;;/h1-4,6-13H;1,3-8H;1-5H;6*1H3;1H;;;;;/q+1;;;;;;;;;;+2;;;2*-1/p-1. The molecule has 0 N–H and O–H groups in total. The van der Waals surface area contributed by atoms with E-state index in [1.165, 1.54) is 34.2 Å². The number of fused-ring (bicyclic) bond motifs is 6. The number of hydrogen-bond acceptors (Lipinski definition) is 1. The van der Waals surface area contributed by atoms with Gasteiger partial charge in [0.2, 0.25) is 0 Å². The topological polar surface area (TPSA) is 17.1 Å². The summed E-state index contributed by atoms with van der Waals surface area (Å²) in [6, 6.07) is 51.8. The van der Waals surface area contributed by atoms with Gasteiger partial charge < -0.3 is 15.3 Å². The molecule has 1 aliphatic heterocycles. The predicted octanol–water partition coefficient (Wildman–Crippen LogP) is 8.95. The van der Waals surface area contributed by atoms with E-state index in [1.54, 1.807) is 3.58 Å². The van der Waals surface area contributed by atoms with Crippen molar-refractivity contribution in [2.45, 2.75) is 39.4 Å². The van der Waals surface area contributed by atoms with Gasteiger partial charge in [-0.15, -0.1) is 0 Å². The van der Waals surface area contributed by atoms with Gasteiger partial charge in [-0.1, -0.05) is 34.1 Å². The Labute approximate surface area is 345 Å². The first-order chi connectivity index (χ1) is 22.9. The molecule has 6 aromatic carbocycles. The van der Waals surface area contributed by atoms with Crippen molar-refractivity contribution in [3.8, 4) is 16.0 Å². The Morgan fingerprint density at radius 2 is 1.04 bits per heavy atom. The Hall–Kier alpha value is -1.18. The SMILES string of the molecule is Brc1ccccc1.[CH3][Sn]([CH3])([CH3])[c]1ccc2c(c1)-c1ccccc1S2=O.[CH3][Sn]([CH3])([CH3])[c]1ccc2c(c1)c1ccccc1[s+]2-c1ccccc1.[Cl-].[H-].[H-].[Mg+2]. The van der Waals surface area contributed by atoms with Gasteiger partial charge in [0.1, 0.15) is 0 Å². The molecule has 0 spiro atoms. The number of rotatable bonds is 3. The van der Waals surface area contributed by atoms with Gasteiger partial charge in [-0.05, 0) is 12.1 Å². The number of thiophene rings is 1. The monoisotopic (exact) mass is 1010 g/mol. The number of halogens is 2. The van der Waals surface area contributed by atoms with Gasteiger partial charge >= 0.3 is 283 Å². The van der Waals surface area contributed by atoms with E-state index in [-0.39, 0.29) is 48.8 Å². The molecule has 2 heterocycles. The number of hydrogen-bond donors (Lipinski definition) is 0. The van der Waals surface area contributed by atoms with Gasteiger partial charge in [-0.25, -0.2) is 0 Å². The maximum atomic E-state index is 12.4. The molecule has 2 atom stereocenters. The van der Waals surface area contributed by atoms with Crippen molar-refractivity contribution in [3.05, 3.63) is 150 Å². The van der Waals surface area contributed by atoms with Crippen molar-refractivity contribution in [2.75, 3.05) is 0 Å². The van der Waals surface area contributed by atoms with Crippen LogP contribution >= 0.6 is 26.4 Å². The van der Waals surface area contributed by atoms with Gasteiger partial charge in [0.05, 0.1) is 0 Å². The molecule has 1 aromatic heterocycles. The van der Waals surface area contributed by atoms with E-state index >= 15 is 0 Å². The second kappa shape index (κ2) is 17.8. The average molecular weight is 1010 g/mol. The van der Waals surface area contributed by atoms with Crippen LogP contribution in [-0.2, 0) is 10.8 Å². The van der Waals surface area contributed by atoms with Gasteiger partial charge in [0, 0.05) is 4.47 Å². The van der Waals surface area contributed by atoms with Crippen LogP contribution in [0.25, 0.3) is 36.2 Å². The Morgan fingerprint density at radius 1 is 0.540 bits per heavy atom. The van der Waals surface area contributed by atoms with E-state index in [0.717, 1.165) is 19.8 Å². The fraction of sp³-hybridized carbons (Fsp3) is 0.143. The summed E-state index contributed by atoms with van der Waals surface area (Å²) in [6.45, 7) is 0. The van der Waals surface area contributed by atoms with Gasteiger partial charge in [-0.2, -0.15) is 0 Å². The van der Waals surface area contributed by atoms with E-state index in [2.05, 4.69) is 143 Å². The molecule has 0 bridgehead atoms. The zero-order valence-electron chi connectivity index (χ0n) is 31.5. The molecule has 1 nitrogen and oxygen atoms in total. The maximum absolute atomic E-state index is 12.4. The molecule has 0 saturated heterocycles. The normalized spacial score (nSPS) is 13.4. The molecule has 254 valence electrons. The zero-order chi connectivity index (χ0) is 34.1. The number of benzene rings is 6. The second-order valence-electron chi connectivity index (χ2n) is 14.1. The molecule has 50 heavy (non-hydrogen) atoms. The van der Waals surface area contributed by atoms with Crippen molar-refractivity contribution in [3.63, 3.8) is 0 Å². The van der Waals surface area contributed by atoms with Crippen LogP contribution in [0.1, 0.15) is 2.85 Å². The summed E-state index contributed by atoms with van der Waals surface area (Å²) in [5, 5.41) is 2.91. The summed E-state index contributed by atoms with van der Waals surface area (Å²) in [4.78, 5) is 18.1. The van der Waals surface area contributed by atoms with E-state index in [0.29, 0.717) is 0 Å². The average Bonchev–Trinajstić information content (AvgIpc) is 3.57. The van der Waals surface area contributed by atoms with Crippen molar-refractivity contribution in [1.29, 1.82) is 0 Å². The molecule has 2 unspecified atom stereocenters. The van der Waals surface area contributed by atoms with E-state index in [1.807, 2.05) is 48.5 Å². The molecule has 8 rings (SSSR count). The third kappa shape index (κ3) is 9.30. The van der Waals surface area contributed by atoms with Crippen LogP contribution in [0.5, 0.6) is 0 Å². The predicted molar refractivity (Wildman–Crippen MR) is 230 cm³/mol. The van der Waals surface area contributed by atoms with Gasteiger partial charge in [0.15, 0.2) is 0 Å². The summed E-state index contributed by atoms with van der Waals surface area (Å²) in [7, 11) is -0.937. The van der Waals surface area contributed by atoms with E-state index in [9.17, 15) is 4.21 Å². The Balaban J connectivity index is 0.000000290. The van der Waals surface area contributed by atoms with Crippen LogP contribution in [0.2, 0.25) is 29.6 Å². The minimum atomic E-state index is -2.05. The Morgan fingerprint density at radius 3 is 1.66 bits per heavy atom. The molecule has 0 amide bonds. The summed E-state index contributed by atoms with van der Waals surface area (Å²) < 4.78 is 19.6. The first-order valence-corrected chi connectivity index (χ1v) is 39.5. The zero-order valence-corrected chi connectivity index (χ0v) is 40.6. The molecular weight excluding hydrogens is 962 g/mol. The third-order valence-electron chi connectivity index (χ3n) is 8.60. The molecule has 0 fully saturated rings. The van der Waals surface area contributed by atoms with Crippen molar-refractivity contribution >= 4 is 124 Å². The van der Waals surface area contributed by atoms with Crippen molar-refractivity contribution in [1.82, 2.24) is 0 Å². The van der Waals surface area contributed by atoms with Crippen molar-refractivity contribution in [2.24, 2.45) is 0 Å². The fourth-order valence-corrected chi connectivity index (χ4v) is 16.6. The Bertz CT molecular complexity index is 2260. The minimum Gasteiger partial charge on any atom is -1.00 e. The van der Waals surface area contributed by atoms with E-state index < -0.39 is 47.6 Å². The van der Waals surface area contributed by atoms with Crippen LogP contribution in [-0.4, -0.2) is 64.0 Å². The molecular formula is C42H44BrClMgOS2Sn2. The molecule has 1 aliphatic rings. The largest absolute Gasteiger partial charge is 2.00 e. The summed E-state index contributed by atoms with van der Waals surface area (Å²) >= 11 is -0.793. The molecule has 7 aromatic rings. The molecule has 0 saturated carbocycles. The summed E-state index contributed by atoms with van der Waals surface area (Å²) in [5.41, 5.74) is 2.34. The second-order valence-corrected chi connectivity index (χ2v) is 47.4. The van der Waals surface area contributed by atoms with E-state index in [4.69, 9.17) is 0 Å². The van der Waals surface area contributed by atoms with Crippen LogP contribution in [0, 0.1) is 0 Å². The summed E-state index contributed by atoms with van der Waals surface area (Å²) in [6.07, 6.45) is 0. The van der Waals surface area contributed by atoms with Crippen LogP contribution in [0.4, 0.5) is 0 Å². The van der Waals surface area contributed by atoms with Gasteiger partial charge in [0.25, 0.3) is 0 Å². The fourth-order valence-electron chi connectivity index (χ4n) is 5.93. The van der Waals surface area contributed by atoms with Crippen LogP contribution in [0.15, 0.2) is 160 Å². The first-order valence-electron chi connectivity index (χ1n) is 16.3. The minimum absolute atomic E-state index is 0. The molecule has 8 heteroatoms. The van der Waals surface area contributed by atoms with Gasteiger partial charge in [-0.3, -0.25) is 0 Å². The maximum Gasteiger partial charge on any atom is 2.00 e. The van der Waals surface area contributed by atoms with Crippen LogP contribution in [0.3, 0.4) is 0 Å². The summed E-state index contributed by atoms with van der Waals surface area (Å²) in [5.74, 6) is 0. The smallest absolute Gasteiger partial charge is 1.00 e. The van der Waals surface area contributed by atoms with Crippen LogP contribution < -0.4 is 19.6 Å². The van der Waals surface area contributed by atoms with Crippen molar-refractivity contribution < 1.29 is 19.5 Å². The molecule has 0 radical (unpaired) electrons. The molecule has 0 aliphatic carbocycles. The third-order valence-corrected chi connectivity index (χ3v) is 24.6. The first kappa shape index (κ1) is 41.6.